The highest BCUT2D eigenvalue weighted by atomic mass is 16.6. The molecule has 0 aliphatic heterocycles. The monoisotopic (exact) mass is 336 g/mol. The number of ether oxygens (including phenoxy) is 3. The van der Waals surface area contributed by atoms with E-state index in [9.17, 15) is 14.4 Å². The SMILES string of the molecule is CCOC(=O)C(C(=O)OCC)C(CC(C)=O)c1ccc(OC)cc1. The highest BCUT2D eigenvalue weighted by molar-refractivity contribution is 5.97. The van der Waals surface area contributed by atoms with E-state index in [4.69, 9.17) is 14.2 Å². The summed E-state index contributed by atoms with van der Waals surface area (Å²) in [6, 6.07) is 6.90. The lowest BCUT2D eigenvalue weighted by Crippen LogP contribution is -2.34. The van der Waals surface area contributed by atoms with Gasteiger partial charge in [-0.2, -0.15) is 0 Å². The van der Waals surface area contributed by atoms with Crippen molar-refractivity contribution in [2.24, 2.45) is 5.92 Å². The van der Waals surface area contributed by atoms with Crippen LogP contribution in [-0.4, -0.2) is 38.0 Å². The van der Waals surface area contributed by atoms with Gasteiger partial charge in [0, 0.05) is 12.3 Å². The largest absolute Gasteiger partial charge is 0.497 e. The maximum Gasteiger partial charge on any atom is 0.320 e. The van der Waals surface area contributed by atoms with Crippen molar-refractivity contribution in [3.63, 3.8) is 0 Å². The Labute approximate surface area is 142 Å². The molecule has 0 fully saturated rings. The third-order valence-corrected chi connectivity index (χ3v) is 3.53. The van der Waals surface area contributed by atoms with Gasteiger partial charge in [-0.05, 0) is 38.5 Å². The van der Waals surface area contributed by atoms with Gasteiger partial charge < -0.3 is 19.0 Å². The summed E-state index contributed by atoms with van der Waals surface area (Å²) in [6.07, 6.45) is 0.0363. The third kappa shape index (κ3) is 5.37. The molecule has 1 unspecified atom stereocenters. The molecule has 1 aromatic carbocycles. The summed E-state index contributed by atoms with van der Waals surface area (Å²) in [6.45, 7) is 5.03. The molecule has 6 heteroatoms. The standard InChI is InChI=1S/C18H24O6/c1-5-23-17(20)16(18(21)24-6-2)15(11-12(3)19)13-7-9-14(22-4)10-8-13/h7-10,15-16H,5-6,11H2,1-4H3. The zero-order valence-electron chi connectivity index (χ0n) is 14.5. The molecule has 132 valence electrons. The van der Waals surface area contributed by atoms with Crippen LogP contribution in [0.3, 0.4) is 0 Å². The quantitative estimate of drug-likeness (QED) is 0.509. The van der Waals surface area contributed by atoms with Gasteiger partial charge in [0.25, 0.3) is 0 Å². The summed E-state index contributed by atoms with van der Waals surface area (Å²) in [5.41, 5.74) is 0.678. The van der Waals surface area contributed by atoms with Gasteiger partial charge in [-0.1, -0.05) is 12.1 Å². The zero-order chi connectivity index (χ0) is 18.1. The van der Waals surface area contributed by atoms with E-state index in [0.717, 1.165) is 0 Å². The number of carbonyl (C=O) groups excluding carboxylic acids is 3. The van der Waals surface area contributed by atoms with Crippen LogP contribution in [0.2, 0.25) is 0 Å². The first kappa shape index (κ1) is 19.7. The van der Waals surface area contributed by atoms with E-state index >= 15 is 0 Å². The highest BCUT2D eigenvalue weighted by Crippen LogP contribution is 2.32. The molecule has 0 saturated heterocycles. The summed E-state index contributed by atoms with van der Waals surface area (Å²) in [7, 11) is 1.54. The van der Waals surface area contributed by atoms with Gasteiger partial charge >= 0.3 is 11.9 Å². The van der Waals surface area contributed by atoms with Gasteiger partial charge in [-0.15, -0.1) is 0 Å². The second kappa shape index (κ2) is 9.70. The van der Waals surface area contributed by atoms with Gasteiger partial charge in [0.2, 0.25) is 0 Å². The fourth-order valence-electron chi connectivity index (χ4n) is 2.48. The Morgan fingerprint density at radius 3 is 1.83 bits per heavy atom. The molecule has 1 rings (SSSR count). The predicted octanol–water partition coefficient (Wildman–Crippen LogP) is 2.50. The Morgan fingerprint density at radius 2 is 1.46 bits per heavy atom. The molecule has 0 N–H and O–H groups in total. The number of carbonyl (C=O) groups is 3. The molecule has 0 spiro atoms. The van der Waals surface area contributed by atoms with E-state index in [1.807, 2.05) is 0 Å². The third-order valence-electron chi connectivity index (χ3n) is 3.53. The second-order valence-electron chi connectivity index (χ2n) is 5.27. The molecule has 0 aliphatic carbocycles. The molecule has 6 nitrogen and oxygen atoms in total. The number of benzene rings is 1. The molecule has 0 heterocycles. The molecule has 0 radical (unpaired) electrons. The summed E-state index contributed by atoms with van der Waals surface area (Å²) < 4.78 is 15.2. The van der Waals surface area contributed by atoms with E-state index in [1.165, 1.54) is 6.92 Å². The van der Waals surface area contributed by atoms with E-state index in [1.54, 1.807) is 45.2 Å². The van der Waals surface area contributed by atoms with Crippen molar-refractivity contribution in [3.05, 3.63) is 29.8 Å². The number of hydrogen-bond donors (Lipinski definition) is 0. The van der Waals surface area contributed by atoms with Gasteiger partial charge in [0.15, 0.2) is 5.92 Å². The van der Waals surface area contributed by atoms with E-state index in [2.05, 4.69) is 0 Å². The fourth-order valence-corrected chi connectivity index (χ4v) is 2.48. The van der Waals surface area contributed by atoms with E-state index in [-0.39, 0.29) is 25.4 Å². The summed E-state index contributed by atoms with van der Waals surface area (Å²) in [4.78, 5) is 36.3. The highest BCUT2D eigenvalue weighted by Gasteiger charge is 2.39. The van der Waals surface area contributed by atoms with Gasteiger partial charge in [0.05, 0.1) is 20.3 Å². The fraction of sp³-hybridized carbons (Fsp3) is 0.500. The van der Waals surface area contributed by atoms with Crippen molar-refractivity contribution >= 4 is 17.7 Å². The summed E-state index contributed by atoms with van der Waals surface area (Å²) in [5.74, 6) is -2.68. The molecular formula is C18H24O6. The lowest BCUT2D eigenvalue weighted by Gasteiger charge is -2.24. The average Bonchev–Trinajstić information content (AvgIpc) is 2.54. The minimum atomic E-state index is -1.18. The predicted molar refractivity (Wildman–Crippen MR) is 87.8 cm³/mol. The molecule has 1 aromatic rings. The van der Waals surface area contributed by atoms with Crippen molar-refractivity contribution in [3.8, 4) is 5.75 Å². The second-order valence-corrected chi connectivity index (χ2v) is 5.27. The normalized spacial score (nSPS) is 11.7. The minimum Gasteiger partial charge on any atom is -0.497 e. The number of esters is 2. The maximum absolute atomic E-state index is 12.3. The minimum absolute atomic E-state index is 0.0363. The molecule has 24 heavy (non-hydrogen) atoms. The topological polar surface area (TPSA) is 78.9 Å². The van der Waals surface area contributed by atoms with Gasteiger partial charge in [0.1, 0.15) is 11.5 Å². The van der Waals surface area contributed by atoms with Crippen LogP contribution in [0.4, 0.5) is 0 Å². The Bertz CT molecular complexity index is 545. The Kier molecular flexibility index (Phi) is 7.95. The van der Waals surface area contributed by atoms with Crippen LogP contribution < -0.4 is 4.74 Å². The lowest BCUT2D eigenvalue weighted by molar-refractivity contribution is -0.162. The molecule has 0 aromatic heterocycles. The van der Waals surface area contributed by atoms with Crippen LogP contribution in [0.15, 0.2) is 24.3 Å². The summed E-state index contributed by atoms with van der Waals surface area (Å²) >= 11 is 0. The van der Waals surface area contributed by atoms with Crippen molar-refractivity contribution in [2.75, 3.05) is 20.3 Å². The molecule has 0 saturated carbocycles. The molecular weight excluding hydrogens is 312 g/mol. The molecule has 0 bridgehead atoms. The number of Topliss-reactive ketones (excluding diaryl/α,β-unsaturated/α-hetero) is 1. The van der Waals surface area contributed by atoms with Crippen LogP contribution in [0.5, 0.6) is 5.75 Å². The lowest BCUT2D eigenvalue weighted by atomic mass is 9.82. The number of ketones is 1. The van der Waals surface area contributed by atoms with E-state index in [0.29, 0.717) is 11.3 Å². The van der Waals surface area contributed by atoms with E-state index < -0.39 is 23.8 Å². The average molecular weight is 336 g/mol. The van der Waals surface area contributed by atoms with Crippen molar-refractivity contribution in [2.45, 2.75) is 33.1 Å². The first-order valence-electron chi connectivity index (χ1n) is 7.91. The zero-order valence-corrected chi connectivity index (χ0v) is 14.5. The molecule has 0 aliphatic rings. The Balaban J connectivity index is 3.25. The van der Waals surface area contributed by atoms with Crippen LogP contribution >= 0.6 is 0 Å². The number of methoxy groups -OCH3 is 1. The van der Waals surface area contributed by atoms with Crippen LogP contribution in [0.25, 0.3) is 0 Å². The Morgan fingerprint density at radius 1 is 0.958 bits per heavy atom. The van der Waals surface area contributed by atoms with Crippen molar-refractivity contribution in [1.29, 1.82) is 0 Å². The first-order chi connectivity index (χ1) is 11.4. The maximum atomic E-state index is 12.3. The van der Waals surface area contributed by atoms with Gasteiger partial charge in [-0.25, -0.2) is 0 Å². The van der Waals surface area contributed by atoms with Crippen LogP contribution in [0, 0.1) is 5.92 Å². The molecule has 0 amide bonds. The van der Waals surface area contributed by atoms with Crippen molar-refractivity contribution in [1.82, 2.24) is 0 Å². The van der Waals surface area contributed by atoms with Gasteiger partial charge in [-0.3, -0.25) is 9.59 Å². The summed E-state index contributed by atoms with van der Waals surface area (Å²) in [5, 5.41) is 0. The Hall–Kier alpha value is -2.37. The van der Waals surface area contributed by atoms with Crippen LogP contribution in [-0.2, 0) is 23.9 Å². The first-order valence-corrected chi connectivity index (χ1v) is 7.91. The number of hydrogen-bond acceptors (Lipinski definition) is 6. The smallest absolute Gasteiger partial charge is 0.320 e. The number of rotatable bonds is 9. The van der Waals surface area contributed by atoms with Crippen LogP contribution in [0.1, 0.15) is 38.7 Å². The van der Waals surface area contributed by atoms with Crippen molar-refractivity contribution < 1.29 is 28.6 Å². The molecule has 1 atom stereocenters.